The van der Waals surface area contributed by atoms with E-state index in [2.05, 4.69) is 20.8 Å². The summed E-state index contributed by atoms with van der Waals surface area (Å²) in [6.07, 6.45) is 11.9. The molecule has 2 atom stereocenters. The summed E-state index contributed by atoms with van der Waals surface area (Å²) in [7, 11) is 0. The zero-order valence-electron chi connectivity index (χ0n) is 10.4. The van der Waals surface area contributed by atoms with Crippen LogP contribution in [0.4, 0.5) is 0 Å². The van der Waals surface area contributed by atoms with E-state index in [4.69, 9.17) is 0 Å². The molecule has 2 unspecified atom stereocenters. The quantitative estimate of drug-likeness (QED) is 0.578. The molecule has 1 rings (SSSR count). The summed E-state index contributed by atoms with van der Waals surface area (Å²) in [5.41, 5.74) is 0. The SMILES string of the molecule is CCC1CCCC(CCCC(C)C)C1. The Kier molecular flexibility index (Phi) is 5.59. The molecule has 1 aliphatic rings. The van der Waals surface area contributed by atoms with Gasteiger partial charge in [0.2, 0.25) is 0 Å². The van der Waals surface area contributed by atoms with Crippen LogP contribution >= 0.6 is 0 Å². The van der Waals surface area contributed by atoms with Crippen LogP contribution in [0.2, 0.25) is 0 Å². The number of hydrogen-bond acceptors (Lipinski definition) is 0. The predicted molar refractivity (Wildman–Crippen MR) is 64.4 cm³/mol. The fraction of sp³-hybridized carbons (Fsp3) is 1.00. The van der Waals surface area contributed by atoms with Crippen LogP contribution in [-0.2, 0) is 0 Å². The minimum absolute atomic E-state index is 0.903. The summed E-state index contributed by atoms with van der Waals surface area (Å²) in [6, 6.07) is 0. The third-order valence-electron chi connectivity index (χ3n) is 3.86. The molecule has 0 saturated heterocycles. The molecule has 1 saturated carbocycles. The van der Waals surface area contributed by atoms with Gasteiger partial charge in [-0.05, 0) is 24.2 Å². The first-order chi connectivity index (χ1) is 6.72. The normalized spacial score (nSPS) is 28.3. The van der Waals surface area contributed by atoms with Gasteiger partial charge >= 0.3 is 0 Å². The molecule has 84 valence electrons. The van der Waals surface area contributed by atoms with Gasteiger partial charge in [-0.2, -0.15) is 0 Å². The van der Waals surface area contributed by atoms with Gasteiger partial charge in [-0.25, -0.2) is 0 Å². The molecule has 0 aromatic rings. The lowest BCUT2D eigenvalue weighted by atomic mass is 9.78. The third-order valence-corrected chi connectivity index (χ3v) is 3.86. The van der Waals surface area contributed by atoms with Crippen LogP contribution in [0.5, 0.6) is 0 Å². The Hall–Kier alpha value is 0. The Morgan fingerprint density at radius 3 is 2.50 bits per heavy atom. The van der Waals surface area contributed by atoms with E-state index in [-0.39, 0.29) is 0 Å². The highest BCUT2D eigenvalue weighted by Gasteiger charge is 2.20. The first-order valence-electron chi connectivity index (χ1n) is 6.72. The minimum Gasteiger partial charge on any atom is -0.0651 e. The molecule has 0 aliphatic heterocycles. The van der Waals surface area contributed by atoms with Crippen molar-refractivity contribution in [2.75, 3.05) is 0 Å². The topological polar surface area (TPSA) is 0 Å². The lowest BCUT2D eigenvalue weighted by Crippen LogP contribution is -2.15. The summed E-state index contributed by atoms with van der Waals surface area (Å²) in [4.78, 5) is 0. The van der Waals surface area contributed by atoms with Gasteiger partial charge in [0.15, 0.2) is 0 Å². The van der Waals surface area contributed by atoms with Crippen molar-refractivity contribution >= 4 is 0 Å². The first kappa shape index (κ1) is 12.1. The monoisotopic (exact) mass is 196 g/mol. The summed E-state index contributed by atoms with van der Waals surface area (Å²) < 4.78 is 0. The summed E-state index contributed by atoms with van der Waals surface area (Å²) in [5, 5.41) is 0. The van der Waals surface area contributed by atoms with Crippen molar-refractivity contribution in [3.63, 3.8) is 0 Å². The largest absolute Gasteiger partial charge is 0.0651 e. The van der Waals surface area contributed by atoms with Crippen molar-refractivity contribution in [2.24, 2.45) is 17.8 Å². The molecule has 14 heavy (non-hydrogen) atoms. The molecule has 0 amide bonds. The van der Waals surface area contributed by atoms with E-state index in [1.807, 2.05) is 0 Å². The Morgan fingerprint density at radius 2 is 1.86 bits per heavy atom. The highest BCUT2D eigenvalue weighted by Crippen LogP contribution is 2.33. The molecule has 0 bridgehead atoms. The van der Waals surface area contributed by atoms with E-state index in [9.17, 15) is 0 Å². The van der Waals surface area contributed by atoms with Crippen LogP contribution in [0, 0.1) is 17.8 Å². The summed E-state index contributed by atoms with van der Waals surface area (Å²) in [5.74, 6) is 3.04. The zero-order chi connectivity index (χ0) is 10.4. The minimum atomic E-state index is 0.903. The molecule has 0 nitrogen and oxygen atoms in total. The van der Waals surface area contributed by atoms with Crippen molar-refractivity contribution in [1.29, 1.82) is 0 Å². The van der Waals surface area contributed by atoms with Crippen LogP contribution in [0.3, 0.4) is 0 Å². The van der Waals surface area contributed by atoms with Gasteiger partial charge in [0.05, 0.1) is 0 Å². The predicted octanol–water partition coefficient (Wildman–Crippen LogP) is 5.03. The molecule has 0 heterocycles. The van der Waals surface area contributed by atoms with Crippen molar-refractivity contribution in [1.82, 2.24) is 0 Å². The smallest absolute Gasteiger partial charge is 0.0412 e. The molecule has 0 radical (unpaired) electrons. The first-order valence-corrected chi connectivity index (χ1v) is 6.72. The number of hydrogen-bond donors (Lipinski definition) is 0. The van der Waals surface area contributed by atoms with Crippen molar-refractivity contribution < 1.29 is 0 Å². The van der Waals surface area contributed by atoms with Gasteiger partial charge < -0.3 is 0 Å². The maximum absolute atomic E-state index is 2.36. The molecule has 0 N–H and O–H groups in total. The van der Waals surface area contributed by atoms with E-state index in [1.165, 1.54) is 51.4 Å². The van der Waals surface area contributed by atoms with Gasteiger partial charge in [-0.1, -0.05) is 65.7 Å². The van der Waals surface area contributed by atoms with Gasteiger partial charge in [-0.3, -0.25) is 0 Å². The van der Waals surface area contributed by atoms with Crippen LogP contribution in [0.15, 0.2) is 0 Å². The van der Waals surface area contributed by atoms with Crippen LogP contribution in [0.25, 0.3) is 0 Å². The van der Waals surface area contributed by atoms with E-state index < -0.39 is 0 Å². The highest BCUT2D eigenvalue weighted by molar-refractivity contribution is 4.72. The van der Waals surface area contributed by atoms with Gasteiger partial charge in [-0.15, -0.1) is 0 Å². The lowest BCUT2D eigenvalue weighted by Gasteiger charge is -2.28. The molecule has 0 aromatic carbocycles. The Balaban J connectivity index is 2.11. The summed E-state index contributed by atoms with van der Waals surface area (Å²) >= 11 is 0. The van der Waals surface area contributed by atoms with Crippen molar-refractivity contribution in [3.8, 4) is 0 Å². The van der Waals surface area contributed by atoms with Crippen molar-refractivity contribution in [3.05, 3.63) is 0 Å². The fourth-order valence-corrected chi connectivity index (χ4v) is 2.85. The second kappa shape index (κ2) is 6.48. The molecular formula is C14H28. The summed E-state index contributed by atoms with van der Waals surface area (Å²) in [6.45, 7) is 7.05. The second-order valence-corrected chi connectivity index (χ2v) is 5.63. The maximum atomic E-state index is 2.36. The van der Waals surface area contributed by atoms with Gasteiger partial charge in [0.25, 0.3) is 0 Å². The lowest BCUT2D eigenvalue weighted by molar-refractivity contribution is 0.243. The molecule has 0 spiro atoms. The van der Waals surface area contributed by atoms with Gasteiger partial charge in [0.1, 0.15) is 0 Å². The van der Waals surface area contributed by atoms with Crippen LogP contribution in [0.1, 0.15) is 72.1 Å². The second-order valence-electron chi connectivity index (χ2n) is 5.63. The Bertz CT molecular complexity index is 137. The van der Waals surface area contributed by atoms with Crippen LogP contribution in [-0.4, -0.2) is 0 Å². The molecule has 0 heteroatoms. The molecule has 1 fully saturated rings. The van der Waals surface area contributed by atoms with Gasteiger partial charge in [0, 0.05) is 0 Å². The average molecular weight is 196 g/mol. The van der Waals surface area contributed by atoms with E-state index in [1.54, 1.807) is 0 Å². The molecular weight excluding hydrogens is 168 g/mol. The molecule has 0 aromatic heterocycles. The highest BCUT2D eigenvalue weighted by atomic mass is 14.3. The number of rotatable bonds is 5. The zero-order valence-corrected chi connectivity index (χ0v) is 10.4. The third kappa shape index (κ3) is 4.48. The Labute approximate surface area is 90.5 Å². The van der Waals surface area contributed by atoms with Crippen molar-refractivity contribution in [2.45, 2.75) is 72.1 Å². The molecule has 1 aliphatic carbocycles. The fourth-order valence-electron chi connectivity index (χ4n) is 2.85. The maximum Gasteiger partial charge on any atom is -0.0412 e. The Morgan fingerprint density at radius 1 is 1.14 bits per heavy atom. The van der Waals surface area contributed by atoms with Crippen LogP contribution < -0.4 is 0 Å². The van der Waals surface area contributed by atoms with E-state index >= 15 is 0 Å². The average Bonchev–Trinajstić information content (AvgIpc) is 2.18. The van der Waals surface area contributed by atoms with E-state index in [0.29, 0.717) is 0 Å². The standard InChI is InChI=1S/C14H28/c1-4-13-8-6-10-14(11-13)9-5-7-12(2)3/h12-14H,4-11H2,1-3H3. The van der Waals surface area contributed by atoms with E-state index in [0.717, 1.165) is 17.8 Å².